The molecule has 1 aliphatic rings. The van der Waals surface area contributed by atoms with Crippen molar-refractivity contribution in [2.45, 2.75) is 0 Å². The molecule has 6 aromatic carbocycles. The van der Waals surface area contributed by atoms with E-state index in [0.29, 0.717) is 0 Å². The maximum atomic E-state index is 15.0. The fraction of sp³-hybridized carbons (Fsp3) is 0. The first kappa shape index (κ1) is 27.1. The molecule has 0 amide bonds. The van der Waals surface area contributed by atoms with E-state index in [-0.39, 0.29) is 5.78 Å². The summed E-state index contributed by atoms with van der Waals surface area (Å²) >= 11 is 0. The molecule has 44 heavy (non-hydrogen) atoms. The van der Waals surface area contributed by atoms with E-state index >= 15 is 0 Å². The van der Waals surface area contributed by atoms with E-state index in [1.807, 2.05) is 84.9 Å². The monoisotopic (exact) mass is 562 g/mol. The third-order valence-electron chi connectivity index (χ3n) is 8.08. The lowest BCUT2D eigenvalue weighted by atomic mass is 9.66. The Morgan fingerprint density at radius 1 is 0.250 bits per heavy atom. The van der Waals surface area contributed by atoms with Crippen molar-refractivity contribution < 1.29 is 4.79 Å². The van der Waals surface area contributed by atoms with Crippen molar-refractivity contribution in [1.29, 1.82) is 0 Å². The second-order valence-electron chi connectivity index (χ2n) is 10.8. The predicted octanol–water partition coefficient (Wildman–Crippen LogP) is 10.1. The van der Waals surface area contributed by atoms with E-state index in [1.165, 1.54) is 0 Å². The highest BCUT2D eigenvalue weighted by Crippen LogP contribution is 2.51. The summed E-state index contributed by atoms with van der Waals surface area (Å²) < 4.78 is 0. The molecule has 1 nitrogen and oxygen atoms in total. The molecule has 0 aromatic heterocycles. The zero-order chi connectivity index (χ0) is 29.7. The van der Waals surface area contributed by atoms with Gasteiger partial charge in [0, 0.05) is 27.9 Å². The van der Waals surface area contributed by atoms with Gasteiger partial charge in [0.2, 0.25) is 0 Å². The standard InChI is InChI=1S/C43H30O/c44-43-41(38(33-23-11-3-12-24-33)34-25-13-4-14-26-34)40(37(31-19-7-1-8-20-31)32-21-9-2-10-22-32)42(43)39(35-27-15-5-16-28-35)36-29-17-6-18-30-36/h1-30H. The Morgan fingerprint density at radius 2 is 0.432 bits per heavy atom. The van der Waals surface area contributed by atoms with Gasteiger partial charge in [-0.15, -0.1) is 0 Å². The summed E-state index contributed by atoms with van der Waals surface area (Å²) in [5.74, 6) is 0.0507. The predicted molar refractivity (Wildman–Crippen MR) is 182 cm³/mol. The molecule has 0 radical (unpaired) electrons. The largest absolute Gasteiger partial charge is 0.289 e. The summed E-state index contributed by atoms with van der Waals surface area (Å²) in [6, 6.07) is 62.1. The molecule has 0 aliphatic heterocycles. The van der Waals surface area contributed by atoms with E-state index in [9.17, 15) is 4.79 Å². The Balaban J connectivity index is 1.68. The van der Waals surface area contributed by atoms with Crippen LogP contribution in [0.3, 0.4) is 0 Å². The van der Waals surface area contributed by atoms with Crippen LogP contribution in [0.2, 0.25) is 0 Å². The van der Waals surface area contributed by atoms with Crippen molar-refractivity contribution >= 4 is 22.5 Å². The van der Waals surface area contributed by atoms with Gasteiger partial charge in [-0.2, -0.15) is 0 Å². The van der Waals surface area contributed by atoms with Gasteiger partial charge in [-0.05, 0) is 39.0 Å². The Bertz CT molecular complexity index is 1770. The van der Waals surface area contributed by atoms with E-state index < -0.39 is 0 Å². The number of allylic oxidation sites excluding steroid dienone is 3. The molecule has 0 atom stereocenters. The number of hydrogen-bond donors (Lipinski definition) is 0. The molecule has 0 bridgehead atoms. The zero-order valence-electron chi connectivity index (χ0n) is 24.2. The second-order valence-corrected chi connectivity index (χ2v) is 10.8. The molecule has 1 heteroatoms. The molecular weight excluding hydrogens is 532 g/mol. The van der Waals surface area contributed by atoms with E-state index in [2.05, 4.69) is 97.1 Å². The summed E-state index contributed by atoms with van der Waals surface area (Å²) in [4.78, 5) is 15.0. The molecule has 0 spiro atoms. The molecule has 7 rings (SSSR count). The number of carbonyl (C=O) groups excluding carboxylic acids is 1. The van der Waals surface area contributed by atoms with Gasteiger partial charge in [0.05, 0.1) is 0 Å². The van der Waals surface area contributed by atoms with Crippen LogP contribution < -0.4 is 0 Å². The Kier molecular flexibility index (Phi) is 7.51. The average Bonchev–Trinajstić information content (AvgIpc) is 3.11. The topological polar surface area (TPSA) is 17.1 Å². The molecule has 0 heterocycles. The Hall–Kier alpha value is -5.79. The first-order valence-electron chi connectivity index (χ1n) is 14.9. The van der Waals surface area contributed by atoms with Crippen LogP contribution in [0.1, 0.15) is 33.4 Å². The third-order valence-corrected chi connectivity index (χ3v) is 8.08. The van der Waals surface area contributed by atoms with Crippen molar-refractivity contribution in [2.24, 2.45) is 0 Å². The van der Waals surface area contributed by atoms with Crippen LogP contribution in [0.25, 0.3) is 16.7 Å². The fourth-order valence-electron chi connectivity index (χ4n) is 6.14. The van der Waals surface area contributed by atoms with Gasteiger partial charge in [0.25, 0.3) is 0 Å². The third kappa shape index (κ3) is 5.06. The van der Waals surface area contributed by atoms with E-state index in [0.717, 1.165) is 66.8 Å². The molecular formula is C43H30O. The summed E-state index contributed by atoms with van der Waals surface area (Å²) in [6.07, 6.45) is 0. The van der Waals surface area contributed by atoms with E-state index in [4.69, 9.17) is 0 Å². The lowest BCUT2D eigenvalue weighted by Crippen LogP contribution is -2.28. The number of ketones is 1. The Labute approximate surface area is 258 Å². The highest BCUT2D eigenvalue weighted by molar-refractivity contribution is 6.36. The molecule has 1 saturated carbocycles. The minimum absolute atomic E-state index is 0.0507. The molecule has 0 saturated heterocycles. The van der Waals surface area contributed by atoms with Crippen LogP contribution in [-0.2, 0) is 4.79 Å². The van der Waals surface area contributed by atoms with Crippen LogP contribution in [0.4, 0.5) is 0 Å². The lowest BCUT2D eigenvalue weighted by Gasteiger charge is -2.34. The minimum atomic E-state index is 0.0507. The number of carbonyl (C=O) groups is 1. The van der Waals surface area contributed by atoms with Gasteiger partial charge < -0.3 is 0 Å². The van der Waals surface area contributed by atoms with Crippen LogP contribution in [0.15, 0.2) is 199 Å². The van der Waals surface area contributed by atoms with Crippen LogP contribution >= 0.6 is 0 Å². The van der Waals surface area contributed by atoms with Gasteiger partial charge in [0.1, 0.15) is 0 Å². The van der Waals surface area contributed by atoms with Crippen molar-refractivity contribution in [3.8, 4) is 0 Å². The number of benzene rings is 6. The first-order chi connectivity index (χ1) is 21.8. The summed E-state index contributed by atoms with van der Waals surface area (Å²) in [5, 5.41) is 0. The molecule has 0 N–H and O–H groups in total. The van der Waals surface area contributed by atoms with E-state index in [1.54, 1.807) is 0 Å². The molecule has 6 aromatic rings. The second kappa shape index (κ2) is 12.2. The smallest absolute Gasteiger partial charge is 0.195 e. The maximum Gasteiger partial charge on any atom is 0.195 e. The molecule has 208 valence electrons. The molecule has 1 aliphatic carbocycles. The highest BCUT2D eigenvalue weighted by atomic mass is 16.1. The normalized spacial score (nSPS) is 12.5. The van der Waals surface area contributed by atoms with Gasteiger partial charge >= 0.3 is 0 Å². The number of Topliss-reactive ketones (excluding diaryl/α,β-unsaturated/α-hetero) is 1. The number of hydrogen-bond acceptors (Lipinski definition) is 1. The zero-order valence-corrected chi connectivity index (χ0v) is 24.2. The summed E-state index contributed by atoms with van der Waals surface area (Å²) in [7, 11) is 0. The lowest BCUT2D eigenvalue weighted by molar-refractivity contribution is -0.113. The van der Waals surface area contributed by atoms with Crippen LogP contribution in [0, 0.1) is 0 Å². The van der Waals surface area contributed by atoms with Crippen LogP contribution in [-0.4, -0.2) is 5.78 Å². The SMILES string of the molecule is O=C1C(=C(c2ccccc2)c2ccccc2)C(=C(c2ccccc2)c2ccccc2)C1=C(c1ccccc1)c1ccccc1. The summed E-state index contributed by atoms with van der Waals surface area (Å²) in [5.41, 5.74) is 11.6. The highest BCUT2D eigenvalue weighted by Gasteiger charge is 2.42. The van der Waals surface area contributed by atoms with Crippen molar-refractivity contribution in [2.75, 3.05) is 0 Å². The van der Waals surface area contributed by atoms with Crippen molar-refractivity contribution in [3.63, 3.8) is 0 Å². The summed E-state index contributed by atoms with van der Waals surface area (Å²) in [6.45, 7) is 0. The molecule has 0 unspecified atom stereocenters. The Morgan fingerprint density at radius 3 is 0.636 bits per heavy atom. The number of rotatable bonds is 6. The van der Waals surface area contributed by atoms with Crippen molar-refractivity contribution in [1.82, 2.24) is 0 Å². The fourth-order valence-corrected chi connectivity index (χ4v) is 6.14. The van der Waals surface area contributed by atoms with Gasteiger partial charge in [0.15, 0.2) is 5.78 Å². The first-order valence-corrected chi connectivity index (χ1v) is 14.9. The minimum Gasteiger partial charge on any atom is -0.289 e. The molecule has 1 fully saturated rings. The average molecular weight is 563 g/mol. The van der Waals surface area contributed by atoms with Gasteiger partial charge in [-0.3, -0.25) is 4.79 Å². The van der Waals surface area contributed by atoms with Gasteiger partial charge in [-0.1, -0.05) is 182 Å². The van der Waals surface area contributed by atoms with Crippen LogP contribution in [0.5, 0.6) is 0 Å². The maximum absolute atomic E-state index is 15.0. The van der Waals surface area contributed by atoms with Crippen molar-refractivity contribution in [3.05, 3.63) is 232 Å². The van der Waals surface area contributed by atoms with Gasteiger partial charge in [-0.25, -0.2) is 0 Å². The quantitative estimate of drug-likeness (QED) is 0.185.